The lowest BCUT2D eigenvalue weighted by atomic mass is 9.88. The molecule has 3 rings (SSSR count). The van der Waals surface area contributed by atoms with Gasteiger partial charge >= 0.3 is 0 Å². The number of carbonyl (C=O) groups excluding carboxylic acids is 1. The summed E-state index contributed by atoms with van der Waals surface area (Å²) in [4.78, 5) is 19.0. The number of hydrogen-bond acceptors (Lipinski definition) is 7. The van der Waals surface area contributed by atoms with Gasteiger partial charge < -0.3 is 9.64 Å². The van der Waals surface area contributed by atoms with Gasteiger partial charge in [-0.1, -0.05) is 13.8 Å². The van der Waals surface area contributed by atoms with E-state index in [1.807, 2.05) is 39.8 Å². The van der Waals surface area contributed by atoms with E-state index in [1.54, 1.807) is 19.2 Å². The third-order valence-corrected chi connectivity index (χ3v) is 7.33. The molecule has 2 heterocycles. The zero-order chi connectivity index (χ0) is 26.8. The lowest BCUT2D eigenvalue weighted by Crippen LogP contribution is -2.32. The van der Waals surface area contributed by atoms with Crippen molar-refractivity contribution >= 4 is 15.9 Å². The van der Waals surface area contributed by atoms with E-state index in [1.165, 1.54) is 36.2 Å². The first-order valence-electron chi connectivity index (χ1n) is 11.4. The second kappa shape index (κ2) is 10.8. The van der Waals surface area contributed by atoms with Gasteiger partial charge in [0.05, 0.1) is 19.2 Å². The molecule has 1 aromatic carbocycles. The molecule has 0 aliphatic rings. The fourth-order valence-corrected chi connectivity index (χ4v) is 4.94. The average molecular weight is 518 g/mol. The van der Waals surface area contributed by atoms with Gasteiger partial charge in [0.15, 0.2) is 5.03 Å². The van der Waals surface area contributed by atoms with Gasteiger partial charge in [0.1, 0.15) is 5.82 Å². The molecular formula is C25H32FN5O4S. The molecule has 0 bridgehead atoms. The maximum atomic E-state index is 14.6. The highest BCUT2D eigenvalue weighted by Crippen LogP contribution is 2.33. The van der Waals surface area contributed by atoms with Crippen molar-refractivity contribution in [2.45, 2.75) is 44.2 Å². The number of halogens is 1. The van der Waals surface area contributed by atoms with Crippen molar-refractivity contribution in [3.8, 4) is 17.0 Å². The van der Waals surface area contributed by atoms with Crippen LogP contribution in [0.1, 0.15) is 49.6 Å². The van der Waals surface area contributed by atoms with Crippen molar-refractivity contribution in [1.29, 1.82) is 0 Å². The van der Waals surface area contributed by atoms with Gasteiger partial charge in [-0.15, -0.1) is 0 Å². The molecule has 0 aliphatic heterocycles. The SMILES string of the molecule is COc1cc(-c2cc(F)cc(C(C)C)c2CC(=O)NS(=O)(=O)c2cc(C(C)N(C)C)n(C)n2)ccn1. The molecule has 194 valence electrons. The van der Waals surface area contributed by atoms with E-state index in [0.29, 0.717) is 33.8 Å². The number of ether oxygens (including phenoxy) is 1. The number of aromatic nitrogens is 3. The number of nitrogens with one attached hydrogen (secondary N) is 1. The minimum atomic E-state index is -4.22. The van der Waals surface area contributed by atoms with Crippen molar-refractivity contribution in [3.63, 3.8) is 0 Å². The van der Waals surface area contributed by atoms with E-state index >= 15 is 0 Å². The van der Waals surface area contributed by atoms with Crippen LogP contribution in [0.5, 0.6) is 5.88 Å². The number of sulfonamides is 1. The molecule has 0 radical (unpaired) electrons. The maximum absolute atomic E-state index is 14.6. The van der Waals surface area contributed by atoms with Crippen LogP contribution < -0.4 is 9.46 Å². The second-order valence-corrected chi connectivity index (χ2v) is 10.8. The van der Waals surface area contributed by atoms with Gasteiger partial charge in [-0.3, -0.25) is 9.48 Å². The summed E-state index contributed by atoms with van der Waals surface area (Å²) in [5.41, 5.74) is 2.87. The maximum Gasteiger partial charge on any atom is 0.283 e. The number of amides is 1. The Labute approximate surface area is 211 Å². The number of aryl methyl sites for hydroxylation is 1. The Hall–Kier alpha value is -3.31. The van der Waals surface area contributed by atoms with E-state index in [-0.39, 0.29) is 23.4 Å². The van der Waals surface area contributed by atoms with Crippen LogP contribution in [0.25, 0.3) is 11.1 Å². The number of rotatable bonds is 9. The molecule has 2 aromatic heterocycles. The molecule has 1 unspecified atom stereocenters. The Morgan fingerprint density at radius 2 is 1.89 bits per heavy atom. The molecule has 0 aliphatic carbocycles. The highest BCUT2D eigenvalue weighted by atomic mass is 32.2. The van der Waals surface area contributed by atoms with Crippen molar-refractivity contribution < 1.29 is 22.3 Å². The van der Waals surface area contributed by atoms with Gasteiger partial charge in [-0.05, 0) is 67.4 Å². The second-order valence-electron chi connectivity index (χ2n) is 9.14. The molecule has 11 heteroatoms. The molecule has 0 spiro atoms. The Morgan fingerprint density at radius 3 is 2.50 bits per heavy atom. The molecule has 9 nitrogen and oxygen atoms in total. The molecule has 0 saturated heterocycles. The summed E-state index contributed by atoms with van der Waals surface area (Å²) in [7, 11) is 2.65. The van der Waals surface area contributed by atoms with E-state index in [0.717, 1.165) is 0 Å². The van der Waals surface area contributed by atoms with Gasteiger partial charge in [0.2, 0.25) is 11.8 Å². The topological polar surface area (TPSA) is 106 Å². The van der Waals surface area contributed by atoms with Gasteiger partial charge in [0, 0.05) is 31.4 Å². The molecule has 36 heavy (non-hydrogen) atoms. The summed E-state index contributed by atoms with van der Waals surface area (Å²) in [5, 5.41) is 3.86. The third-order valence-electron chi connectivity index (χ3n) is 6.08. The highest BCUT2D eigenvalue weighted by Gasteiger charge is 2.26. The van der Waals surface area contributed by atoms with Crippen LogP contribution >= 0.6 is 0 Å². The number of carbonyl (C=O) groups is 1. The number of nitrogens with zero attached hydrogens (tertiary/aromatic N) is 4. The van der Waals surface area contributed by atoms with E-state index < -0.39 is 21.7 Å². The smallest absolute Gasteiger partial charge is 0.283 e. The predicted molar refractivity (Wildman–Crippen MR) is 135 cm³/mol. The summed E-state index contributed by atoms with van der Waals surface area (Å²) >= 11 is 0. The van der Waals surface area contributed by atoms with Crippen molar-refractivity contribution in [3.05, 3.63) is 59.2 Å². The molecule has 1 amide bonds. The zero-order valence-corrected chi connectivity index (χ0v) is 22.4. The molecule has 1 atom stereocenters. The van der Waals surface area contributed by atoms with Crippen LogP contribution in [0.15, 0.2) is 41.6 Å². The van der Waals surface area contributed by atoms with Crippen molar-refractivity contribution in [1.82, 2.24) is 24.4 Å². The van der Waals surface area contributed by atoms with Crippen LogP contribution in [0.2, 0.25) is 0 Å². The van der Waals surface area contributed by atoms with Crippen LogP contribution in [-0.4, -0.2) is 55.2 Å². The fourth-order valence-electron chi connectivity index (χ4n) is 3.96. The fraction of sp³-hybridized carbons (Fsp3) is 0.400. The lowest BCUT2D eigenvalue weighted by molar-refractivity contribution is -0.118. The Morgan fingerprint density at radius 1 is 1.19 bits per heavy atom. The van der Waals surface area contributed by atoms with Crippen LogP contribution in [0, 0.1) is 5.82 Å². The number of benzene rings is 1. The number of pyridine rings is 1. The van der Waals surface area contributed by atoms with E-state index in [4.69, 9.17) is 4.74 Å². The molecule has 0 saturated carbocycles. The Kier molecular flexibility index (Phi) is 8.15. The quantitative estimate of drug-likeness (QED) is 0.464. The monoisotopic (exact) mass is 517 g/mol. The predicted octanol–water partition coefficient (Wildman–Crippen LogP) is 3.42. The summed E-state index contributed by atoms with van der Waals surface area (Å²) < 4.78 is 49.4. The number of methoxy groups -OCH3 is 1. The first-order chi connectivity index (χ1) is 16.8. The van der Waals surface area contributed by atoms with Crippen molar-refractivity contribution in [2.75, 3.05) is 21.2 Å². The third kappa shape index (κ3) is 5.90. The van der Waals surface area contributed by atoms with E-state index in [9.17, 15) is 17.6 Å². The molecule has 0 fully saturated rings. The minimum absolute atomic E-state index is 0.0881. The summed E-state index contributed by atoms with van der Waals surface area (Å²) in [5.74, 6) is -0.997. The summed E-state index contributed by atoms with van der Waals surface area (Å²) in [6, 6.07) is 7.38. The summed E-state index contributed by atoms with van der Waals surface area (Å²) in [6.45, 7) is 5.68. The van der Waals surface area contributed by atoms with Gasteiger partial charge in [-0.25, -0.2) is 14.1 Å². The van der Waals surface area contributed by atoms with Crippen LogP contribution in [0.4, 0.5) is 4.39 Å². The average Bonchev–Trinajstić information content (AvgIpc) is 3.21. The standard InChI is InChI=1S/C25H32FN5O4S/c1-15(2)19-11-18(26)12-20(17-8-9-27-24(10-17)35-7)21(19)13-23(32)29-36(33,34)25-14-22(31(6)28-25)16(3)30(4)5/h8-12,14-16H,13H2,1-7H3,(H,29,32). The largest absolute Gasteiger partial charge is 0.481 e. The first kappa shape index (κ1) is 27.3. The minimum Gasteiger partial charge on any atom is -0.481 e. The Balaban J connectivity index is 1.97. The van der Waals surface area contributed by atoms with Crippen LogP contribution in [0.3, 0.4) is 0 Å². The van der Waals surface area contributed by atoms with Gasteiger partial charge in [0.25, 0.3) is 10.0 Å². The first-order valence-corrected chi connectivity index (χ1v) is 12.9. The number of hydrogen-bond donors (Lipinski definition) is 1. The van der Waals surface area contributed by atoms with Crippen LogP contribution in [-0.2, 0) is 28.3 Å². The normalized spacial score (nSPS) is 12.7. The molecule has 3 aromatic rings. The Bertz CT molecular complexity index is 1370. The lowest BCUT2D eigenvalue weighted by Gasteiger charge is -2.19. The summed E-state index contributed by atoms with van der Waals surface area (Å²) in [6.07, 6.45) is 1.25. The van der Waals surface area contributed by atoms with Crippen molar-refractivity contribution in [2.24, 2.45) is 7.05 Å². The highest BCUT2D eigenvalue weighted by molar-refractivity contribution is 7.90. The molecule has 1 N–H and O–H groups in total. The van der Waals surface area contributed by atoms with Gasteiger partial charge in [-0.2, -0.15) is 13.5 Å². The van der Waals surface area contributed by atoms with E-state index in [2.05, 4.69) is 14.8 Å². The zero-order valence-electron chi connectivity index (χ0n) is 21.5. The molecular weight excluding hydrogens is 485 g/mol.